The first kappa shape index (κ1) is 12.1. The molecule has 1 heterocycles. The fourth-order valence-corrected chi connectivity index (χ4v) is 1.78. The van der Waals surface area contributed by atoms with Crippen molar-refractivity contribution in [3.8, 4) is 11.3 Å². The highest BCUT2D eigenvalue weighted by molar-refractivity contribution is 6.31. The average Bonchev–Trinajstić information content (AvgIpc) is 2.81. The highest BCUT2D eigenvalue weighted by atomic mass is 35.5. The fraction of sp³-hybridized carbons (Fsp3) is 0.308. The Balaban J connectivity index is 2.40. The van der Waals surface area contributed by atoms with E-state index in [1.807, 2.05) is 39.1 Å². The lowest BCUT2D eigenvalue weighted by atomic mass is 10.1. The third kappa shape index (κ3) is 2.35. The molecule has 0 saturated carbocycles. The standard InChI is InChI=1S/C13H15ClN2O/c1-8-10(5-4-6-11(8)14)12-7-16-13(17-12)9(2)15-3/h4-7,9,15H,1-3H3. The van der Waals surface area contributed by atoms with Gasteiger partial charge in [-0.25, -0.2) is 4.98 Å². The molecule has 0 amide bonds. The molecule has 4 heteroatoms. The third-order valence-electron chi connectivity index (χ3n) is 2.86. The second-order valence-corrected chi connectivity index (χ2v) is 4.39. The summed E-state index contributed by atoms with van der Waals surface area (Å²) in [6.07, 6.45) is 1.74. The molecule has 0 spiro atoms. The maximum absolute atomic E-state index is 6.09. The van der Waals surface area contributed by atoms with Crippen LogP contribution in [0.4, 0.5) is 0 Å². The lowest BCUT2D eigenvalue weighted by Crippen LogP contribution is -2.12. The summed E-state index contributed by atoms with van der Waals surface area (Å²) in [6.45, 7) is 3.97. The monoisotopic (exact) mass is 250 g/mol. The van der Waals surface area contributed by atoms with E-state index in [4.69, 9.17) is 16.0 Å². The number of hydrogen-bond acceptors (Lipinski definition) is 3. The molecule has 0 aliphatic rings. The lowest BCUT2D eigenvalue weighted by molar-refractivity contribution is 0.441. The minimum absolute atomic E-state index is 0.100. The zero-order chi connectivity index (χ0) is 12.4. The molecule has 2 aromatic rings. The summed E-state index contributed by atoms with van der Waals surface area (Å²) in [6, 6.07) is 5.86. The first-order chi connectivity index (χ1) is 8.13. The smallest absolute Gasteiger partial charge is 0.211 e. The van der Waals surface area contributed by atoms with Crippen LogP contribution in [-0.2, 0) is 0 Å². The predicted molar refractivity (Wildman–Crippen MR) is 69.2 cm³/mol. The second kappa shape index (κ2) is 4.90. The van der Waals surface area contributed by atoms with Crippen molar-refractivity contribution in [3.05, 3.63) is 40.9 Å². The van der Waals surface area contributed by atoms with Crippen molar-refractivity contribution < 1.29 is 4.42 Å². The normalized spacial score (nSPS) is 12.7. The SMILES string of the molecule is CNC(C)c1ncc(-c2cccc(Cl)c2C)o1. The Bertz CT molecular complexity index is 522. The van der Waals surface area contributed by atoms with Crippen LogP contribution in [0.5, 0.6) is 0 Å². The molecule has 17 heavy (non-hydrogen) atoms. The van der Waals surface area contributed by atoms with Crippen LogP contribution >= 0.6 is 11.6 Å². The molecule has 0 bridgehead atoms. The van der Waals surface area contributed by atoms with Crippen LogP contribution in [0.15, 0.2) is 28.8 Å². The Morgan fingerprint density at radius 1 is 1.41 bits per heavy atom. The maximum Gasteiger partial charge on any atom is 0.211 e. The summed E-state index contributed by atoms with van der Waals surface area (Å²) in [4.78, 5) is 4.26. The number of benzene rings is 1. The number of oxazole rings is 1. The summed E-state index contributed by atoms with van der Waals surface area (Å²) in [5.41, 5.74) is 1.99. The van der Waals surface area contributed by atoms with Gasteiger partial charge in [-0.3, -0.25) is 0 Å². The summed E-state index contributed by atoms with van der Waals surface area (Å²) in [5, 5.41) is 3.83. The van der Waals surface area contributed by atoms with E-state index in [-0.39, 0.29) is 6.04 Å². The van der Waals surface area contributed by atoms with Gasteiger partial charge in [0.25, 0.3) is 0 Å². The van der Waals surface area contributed by atoms with Gasteiger partial charge in [0.1, 0.15) is 0 Å². The molecule has 0 aliphatic heterocycles. The molecular weight excluding hydrogens is 236 g/mol. The first-order valence-electron chi connectivity index (χ1n) is 5.52. The van der Waals surface area contributed by atoms with Crippen molar-refractivity contribution in [2.24, 2.45) is 0 Å². The third-order valence-corrected chi connectivity index (χ3v) is 3.27. The van der Waals surface area contributed by atoms with Crippen LogP contribution in [0.2, 0.25) is 5.02 Å². The van der Waals surface area contributed by atoms with Crippen molar-refractivity contribution in [1.82, 2.24) is 10.3 Å². The van der Waals surface area contributed by atoms with E-state index >= 15 is 0 Å². The van der Waals surface area contributed by atoms with Crippen LogP contribution in [0.1, 0.15) is 24.4 Å². The molecule has 2 rings (SSSR count). The van der Waals surface area contributed by atoms with Crippen molar-refractivity contribution in [1.29, 1.82) is 0 Å². The molecule has 3 nitrogen and oxygen atoms in total. The quantitative estimate of drug-likeness (QED) is 0.905. The molecule has 1 aromatic carbocycles. The van der Waals surface area contributed by atoms with Gasteiger partial charge < -0.3 is 9.73 Å². The number of nitrogens with one attached hydrogen (secondary N) is 1. The minimum Gasteiger partial charge on any atom is -0.439 e. The van der Waals surface area contributed by atoms with Crippen LogP contribution in [-0.4, -0.2) is 12.0 Å². The topological polar surface area (TPSA) is 38.1 Å². The number of aromatic nitrogens is 1. The zero-order valence-electron chi connectivity index (χ0n) is 10.1. The Labute approximate surface area is 106 Å². The average molecular weight is 251 g/mol. The van der Waals surface area contributed by atoms with E-state index in [1.54, 1.807) is 6.20 Å². The van der Waals surface area contributed by atoms with E-state index < -0.39 is 0 Å². The van der Waals surface area contributed by atoms with Gasteiger partial charge in [0.2, 0.25) is 5.89 Å². The van der Waals surface area contributed by atoms with E-state index in [0.717, 1.165) is 21.9 Å². The molecule has 0 aliphatic carbocycles. The fourth-order valence-electron chi connectivity index (χ4n) is 1.61. The van der Waals surface area contributed by atoms with Crippen LogP contribution in [0.3, 0.4) is 0 Å². The van der Waals surface area contributed by atoms with E-state index in [9.17, 15) is 0 Å². The molecule has 1 unspecified atom stereocenters. The highest BCUT2D eigenvalue weighted by Crippen LogP contribution is 2.29. The van der Waals surface area contributed by atoms with Crippen molar-refractivity contribution in [2.75, 3.05) is 7.05 Å². The van der Waals surface area contributed by atoms with Gasteiger partial charge >= 0.3 is 0 Å². The van der Waals surface area contributed by atoms with Gasteiger partial charge in [-0.15, -0.1) is 0 Å². The highest BCUT2D eigenvalue weighted by Gasteiger charge is 2.13. The van der Waals surface area contributed by atoms with Gasteiger partial charge in [0, 0.05) is 10.6 Å². The summed E-state index contributed by atoms with van der Waals surface area (Å²) in [5.74, 6) is 1.43. The number of nitrogens with zero attached hydrogens (tertiary/aromatic N) is 1. The van der Waals surface area contributed by atoms with Gasteiger partial charge in [-0.2, -0.15) is 0 Å². The summed E-state index contributed by atoms with van der Waals surface area (Å²) >= 11 is 6.09. The maximum atomic E-state index is 6.09. The van der Waals surface area contributed by atoms with Crippen molar-refractivity contribution in [3.63, 3.8) is 0 Å². The first-order valence-corrected chi connectivity index (χ1v) is 5.89. The van der Waals surface area contributed by atoms with Crippen molar-refractivity contribution >= 4 is 11.6 Å². The van der Waals surface area contributed by atoms with E-state index in [2.05, 4.69) is 10.3 Å². The molecule has 0 fully saturated rings. The molecule has 1 N–H and O–H groups in total. The van der Waals surface area contributed by atoms with E-state index in [0.29, 0.717) is 5.89 Å². The zero-order valence-corrected chi connectivity index (χ0v) is 10.9. The summed E-state index contributed by atoms with van der Waals surface area (Å²) in [7, 11) is 1.87. The van der Waals surface area contributed by atoms with Gasteiger partial charge in [-0.1, -0.05) is 23.7 Å². The van der Waals surface area contributed by atoms with Crippen LogP contribution < -0.4 is 5.32 Å². The number of halogens is 1. The lowest BCUT2D eigenvalue weighted by Gasteiger charge is -2.05. The molecule has 0 radical (unpaired) electrons. The van der Waals surface area contributed by atoms with Crippen molar-refractivity contribution in [2.45, 2.75) is 19.9 Å². The van der Waals surface area contributed by atoms with Crippen LogP contribution in [0.25, 0.3) is 11.3 Å². The van der Waals surface area contributed by atoms with Gasteiger partial charge in [0.05, 0.1) is 12.2 Å². The van der Waals surface area contributed by atoms with Crippen LogP contribution in [0, 0.1) is 6.92 Å². The Morgan fingerprint density at radius 3 is 2.88 bits per heavy atom. The molecule has 0 saturated heterocycles. The predicted octanol–water partition coefficient (Wildman–Crippen LogP) is 3.58. The molecule has 1 atom stereocenters. The Kier molecular flexibility index (Phi) is 3.50. The van der Waals surface area contributed by atoms with Gasteiger partial charge in [0.15, 0.2) is 5.76 Å². The Morgan fingerprint density at radius 2 is 2.18 bits per heavy atom. The number of rotatable bonds is 3. The summed E-state index contributed by atoms with van der Waals surface area (Å²) < 4.78 is 5.73. The Hall–Kier alpha value is -1.32. The molecular formula is C13H15ClN2O. The largest absolute Gasteiger partial charge is 0.439 e. The minimum atomic E-state index is 0.100. The molecule has 1 aromatic heterocycles. The van der Waals surface area contributed by atoms with E-state index in [1.165, 1.54) is 0 Å². The second-order valence-electron chi connectivity index (χ2n) is 3.99. The number of hydrogen-bond donors (Lipinski definition) is 1. The molecule has 90 valence electrons. The van der Waals surface area contributed by atoms with Gasteiger partial charge in [-0.05, 0) is 32.5 Å².